The molecular weight excluding hydrogens is 274 g/mol. The van der Waals surface area contributed by atoms with E-state index in [1.807, 2.05) is 18.7 Å². The maximum Gasteiger partial charge on any atom is 0.260 e. The molecule has 0 aromatic rings. The Kier molecular flexibility index (Phi) is 4.12. The Hall–Kier alpha value is -1.27. The molecule has 6 heteroatoms. The minimum atomic E-state index is -0.329. The molecule has 1 amide bonds. The van der Waals surface area contributed by atoms with Gasteiger partial charge in [0.1, 0.15) is 11.8 Å². The van der Waals surface area contributed by atoms with Crippen molar-refractivity contribution < 1.29 is 9.53 Å². The fourth-order valence-corrected chi connectivity index (χ4v) is 3.47. The Bertz CT molecular complexity index is 531. The van der Waals surface area contributed by atoms with Gasteiger partial charge in [0, 0.05) is 24.7 Å². The van der Waals surface area contributed by atoms with Gasteiger partial charge in [-0.2, -0.15) is 16.8 Å². The molecule has 0 spiro atoms. The van der Waals surface area contributed by atoms with E-state index in [4.69, 9.17) is 4.74 Å². The van der Waals surface area contributed by atoms with Crippen LogP contribution in [0, 0.1) is 5.92 Å². The average molecular weight is 291 g/mol. The zero-order valence-electron chi connectivity index (χ0n) is 11.4. The summed E-state index contributed by atoms with van der Waals surface area (Å²) in [6.45, 7) is 3.55. The van der Waals surface area contributed by atoms with Crippen LogP contribution in [0.4, 0.5) is 0 Å². The molecule has 20 heavy (non-hydrogen) atoms. The van der Waals surface area contributed by atoms with Crippen molar-refractivity contribution in [2.24, 2.45) is 20.9 Å². The molecule has 0 N–H and O–H groups in total. The van der Waals surface area contributed by atoms with Gasteiger partial charge in [0.15, 0.2) is 0 Å². The number of thioether (sulfide) groups is 1. The van der Waals surface area contributed by atoms with Gasteiger partial charge >= 0.3 is 0 Å². The Labute approximate surface area is 122 Å². The van der Waals surface area contributed by atoms with E-state index in [1.54, 1.807) is 12.3 Å². The predicted octanol–water partition coefficient (Wildman–Crippen LogP) is 1.88. The van der Waals surface area contributed by atoms with E-state index in [1.165, 1.54) is 0 Å². The molecule has 0 saturated carbocycles. The smallest absolute Gasteiger partial charge is 0.260 e. The third-order valence-corrected chi connectivity index (χ3v) is 4.95. The van der Waals surface area contributed by atoms with Gasteiger partial charge in [0.2, 0.25) is 0 Å². The first-order chi connectivity index (χ1) is 9.74. The molecule has 0 aromatic heterocycles. The van der Waals surface area contributed by atoms with E-state index >= 15 is 0 Å². The number of aliphatic imine (C=N–C) groups is 3. The van der Waals surface area contributed by atoms with Crippen molar-refractivity contribution in [3.8, 4) is 0 Å². The van der Waals surface area contributed by atoms with Gasteiger partial charge in [-0.25, -0.2) is 4.99 Å². The van der Waals surface area contributed by atoms with Crippen molar-refractivity contribution in [2.45, 2.75) is 25.0 Å². The molecule has 5 nitrogen and oxygen atoms in total. The standard InChI is InChI=1S/C14H17N3O2S/c1-9-13-11(2-5-15-9)14(18)17-12(16-13)8-20-10-3-6-19-7-4-10/h2,5,10-11H,3-4,6-8H2,1H3. The van der Waals surface area contributed by atoms with Crippen molar-refractivity contribution in [3.05, 3.63) is 12.3 Å². The first kappa shape index (κ1) is 13.7. The normalized spacial score (nSPS) is 26.8. The lowest BCUT2D eigenvalue weighted by Gasteiger charge is -2.23. The Morgan fingerprint density at radius 3 is 2.95 bits per heavy atom. The molecule has 0 aliphatic carbocycles. The number of hydrogen-bond donors (Lipinski definition) is 0. The monoisotopic (exact) mass is 291 g/mol. The summed E-state index contributed by atoms with van der Waals surface area (Å²) in [7, 11) is 0. The molecule has 1 fully saturated rings. The van der Waals surface area contributed by atoms with Crippen LogP contribution in [-0.2, 0) is 9.53 Å². The highest BCUT2D eigenvalue weighted by atomic mass is 32.2. The third-order valence-electron chi connectivity index (χ3n) is 3.58. The molecule has 0 bridgehead atoms. The third kappa shape index (κ3) is 2.91. The fraction of sp³-hybridized carbons (Fsp3) is 0.571. The van der Waals surface area contributed by atoms with Gasteiger partial charge in [-0.15, -0.1) is 0 Å². The number of ether oxygens (including phenoxy) is 1. The molecule has 106 valence electrons. The maximum atomic E-state index is 12.0. The van der Waals surface area contributed by atoms with E-state index in [0.29, 0.717) is 16.8 Å². The fourth-order valence-electron chi connectivity index (χ4n) is 2.43. The van der Waals surface area contributed by atoms with Gasteiger partial charge in [-0.1, -0.05) is 0 Å². The molecule has 3 rings (SSSR count). The van der Waals surface area contributed by atoms with E-state index < -0.39 is 0 Å². The van der Waals surface area contributed by atoms with Crippen LogP contribution in [-0.4, -0.2) is 47.4 Å². The van der Waals surface area contributed by atoms with Gasteiger partial charge in [-0.3, -0.25) is 9.79 Å². The Morgan fingerprint density at radius 1 is 1.35 bits per heavy atom. The average Bonchev–Trinajstić information content (AvgIpc) is 2.47. The zero-order chi connectivity index (χ0) is 13.9. The second kappa shape index (κ2) is 6.01. The minimum Gasteiger partial charge on any atom is -0.381 e. The van der Waals surface area contributed by atoms with Crippen LogP contribution < -0.4 is 0 Å². The lowest BCUT2D eigenvalue weighted by atomic mass is 9.96. The molecular formula is C14H17N3O2S. The summed E-state index contributed by atoms with van der Waals surface area (Å²) in [5.41, 5.74) is 1.57. The number of carbonyl (C=O) groups excluding carboxylic acids is 1. The van der Waals surface area contributed by atoms with Crippen LogP contribution >= 0.6 is 11.8 Å². The number of amides is 1. The lowest BCUT2D eigenvalue weighted by Crippen LogP contribution is -2.34. The second-order valence-electron chi connectivity index (χ2n) is 5.02. The van der Waals surface area contributed by atoms with Crippen LogP contribution in [0.2, 0.25) is 0 Å². The molecule has 1 unspecified atom stereocenters. The number of rotatable bonds is 3. The van der Waals surface area contributed by atoms with Gasteiger partial charge in [0.25, 0.3) is 5.91 Å². The number of fused-ring (bicyclic) bond motifs is 1. The molecule has 1 saturated heterocycles. The number of nitrogens with zero attached hydrogens (tertiary/aromatic N) is 3. The van der Waals surface area contributed by atoms with Crippen LogP contribution in [0.25, 0.3) is 0 Å². The first-order valence-electron chi connectivity index (χ1n) is 6.85. The summed E-state index contributed by atoms with van der Waals surface area (Å²) in [5, 5.41) is 0.584. The highest BCUT2D eigenvalue weighted by molar-refractivity contribution is 8.00. The summed E-state index contributed by atoms with van der Waals surface area (Å²) >= 11 is 1.82. The lowest BCUT2D eigenvalue weighted by molar-refractivity contribution is -0.118. The SMILES string of the molecule is CC1=NC=CC2C(=O)N=C(CSC3CCOCC3)N=C12. The quantitative estimate of drug-likeness (QED) is 0.797. The van der Waals surface area contributed by atoms with E-state index in [0.717, 1.165) is 37.5 Å². The molecule has 3 aliphatic rings. The maximum absolute atomic E-state index is 12.0. The first-order valence-corrected chi connectivity index (χ1v) is 7.89. The van der Waals surface area contributed by atoms with Gasteiger partial charge < -0.3 is 4.74 Å². The summed E-state index contributed by atoms with van der Waals surface area (Å²) in [5.74, 6) is 0.860. The van der Waals surface area contributed by atoms with Crippen molar-refractivity contribution >= 4 is 34.9 Å². The van der Waals surface area contributed by atoms with E-state index in [2.05, 4.69) is 15.0 Å². The summed E-state index contributed by atoms with van der Waals surface area (Å²) in [6.07, 6.45) is 5.55. The van der Waals surface area contributed by atoms with Crippen LogP contribution in [0.5, 0.6) is 0 Å². The van der Waals surface area contributed by atoms with Crippen molar-refractivity contribution in [2.75, 3.05) is 19.0 Å². The molecule has 3 aliphatic heterocycles. The van der Waals surface area contributed by atoms with Crippen LogP contribution in [0.3, 0.4) is 0 Å². The van der Waals surface area contributed by atoms with Crippen LogP contribution in [0.1, 0.15) is 19.8 Å². The van der Waals surface area contributed by atoms with Crippen LogP contribution in [0.15, 0.2) is 27.3 Å². The molecule has 0 radical (unpaired) electrons. The van der Waals surface area contributed by atoms with Gasteiger partial charge in [-0.05, 0) is 25.8 Å². The minimum absolute atomic E-state index is 0.122. The predicted molar refractivity (Wildman–Crippen MR) is 81.9 cm³/mol. The number of amidine groups is 1. The van der Waals surface area contributed by atoms with Crippen molar-refractivity contribution in [1.29, 1.82) is 0 Å². The largest absolute Gasteiger partial charge is 0.381 e. The zero-order valence-corrected chi connectivity index (χ0v) is 12.2. The Balaban J connectivity index is 1.67. The highest BCUT2D eigenvalue weighted by Crippen LogP contribution is 2.24. The van der Waals surface area contributed by atoms with Gasteiger partial charge in [0.05, 0.1) is 17.2 Å². The molecule has 3 heterocycles. The summed E-state index contributed by atoms with van der Waals surface area (Å²) < 4.78 is 5.34. The topological polar surface area (TPSA) is 63.4 Å². The number of hydrogen-bond acceptors (Lipinski definition) is 5. The van der Waals surface area contributed by atoms with E-state index in [-0.39, 0.29) is 11.8 Å². The Morgan fingerprint density at radius 2 is 2.15 bits per heavy atom. The summed E-state index contributed by atoms with van der Waals surface area (Å²) in [6, 6.07) is 0. The molecule has 0 aromatic carbocycles. The molecule has 1 atom stereocenters. The van der Waals surface area contributed by atoms with Crippen molar-refractivity contribution in [3.63, 3.8) is 0 Å². The van der Waals surface area contributed by atoms with E-state index in [9.17, 15) is 4.79 Å². The summed E-state index contributed by atoms with van der Waals surface area (Å²) in [4.78, 5) is 24.9. The number of carbonyl (C=O) groups is 1. The second-order valence-corrected chi connectivity index (χ2v) is 6.31. The highest BCUT2D eigenvalue weighted by Gasteiger charge is 2.30. The van der Waals surface area contributed by atoms with Crippen molar-refractivity contribution in [1.82, 2.24) is 0 Å².